The van der Waals surface area contributed by atoms with E-state index in [1.54, 1.807) is 7.11 Å². The number of rotatable bonds is 4. The number of ether oxygens (including phenoxy) is 1. The van der Waals surface area contributed by atoms with Crippen LogP contribution in [0.25, 0.3) is 0 Å². The van der Waals surface area contributed by atoms with Crippen molar-refractivity contribution in [3.63, 3.8) is 0 Å². The molecule has 0 aliphatic carbocycles. The number of likely N-dealkylation sites (tertiary alicyclic amines) is 1. The van der Waals surface area contributed by atoms with Gasteiger partial charge in [0.05, 0.1) is 7.11 Å². The highest BCUT2D eigenvalue weighted by Gasteiger charge is 2.24. The SMILES string of the molecule is COc1ccc(Br)cc1CN1CCC(N(C)C)C1. The van der Waals surface area contributed by atoms with Gasteiger partial charge in [0.25, 0.3) is 0 Å². The minimum atomic E-state index is 0.683. The van der Waals surface area contributed by atoms with Crippen molar-refractivity contribution >= 4 is 15.9 Å². The molecule has 100 valence electrons. The van der Waals surface area contributed by atoms with Crippen LogP contribution in [-0.4, -0.2) is 50.1 Å². The number of likely N-dealkylation sites (N-methyl/N-ethyl adjacent to an activating group) is 1. The van der Waals surface area contributed by atoms with E-state index in [1.165, 1.54) is 18.5 Å². The van der Waals surface area contributed by atoms with Gasteiger partial charge in [-0.05, 0) is 38.7 Å². The molecule has 0 radical (unpaired) electrons. The fourth-order valence-electron chi connectivity index (χ4n) is 2.49. The molecule has 1 aromatic carbocycles. The number of halogens is 1. The van der Waals surface area contributed by atoms with E-state index in [0.717, 1.165) is 23.3 Å². The molecule has 18 heavy (non-hydrogen) atoms. The molecular formula is C14H21BrN2O. The first kappa shape index (κ1) is 13.8. The van der Waals surface area contributed by atoms with Crippen molar-refractivity contribution in [3.8, 4) is 5.75 Å². The summed E-state index contributed by atoms with van der Waals surface area (Å²) in [5, 5.41) is 0. The van der Waals surface area contributed by atoms with Gasteiger partial charge in [0.2, 0.25) is 0 Å². The second kappa shape index (κ2) is 6.04. The van der Waals surface area contributed by atoms with Crippen LogP contribution in [0.3, 0.4) is 0 Å². The van der Waals surface area contributed by atoms with Crippen molar-refractivity contribution in [2.45, 2.75) is 19.0 Å². The quantitative estimate of drug-likeness (QED) is 0.850. The molecule has 2 rings (SSSR count). The summed E-state index contributed by atoms with van der Waals surface area (Å²) >= 11 is 3.53. The van der Waals surface area contributed by atoms with Crippen LogP contribution in [0, 0.1) is 0 Å². The highest BCUT2D eigenvalue weighted by atomic mass is 79.9. The highest BCUT2D eigenvalue weighted by Crippen LogP contribution is 2.26. The van der Waals surface area contributed by atoms with Crippen LogP contribution in [0.5, 0.6) is 5.75 Å². The predicted octanol–water partition coefficient (Wildman–Crippen LogP) is 2.59. The van der Waals surface area contributed by atoms with E-state index >= 15 is 0 Å². The zero-order chi connectivity index (χ0) is 13.1. The van der Waals surface area contributed by atoms with E-state index in [0.29, 0.717) is 6.04 Å². The molecule has 1 aromatic rings. The van der Waals surface area contributed by atoms with E-state index in [-0.39, 0.29) is 0 Å². The Kier molecular flexibility index (Phi) is 4.65. The first-order valence-corrected chi connectivity index (χ1v) is 7.10. The maximum absolute atomic E-state index is 5.43. The number of benzene rings is 1. The lowest BCUT2D eigenvalue weighted by atomic mass is 10.2. The molecule has 0 N–H and O–H groups in total. The zero-order valence-corrected chi connectivity index (χ0v) is 12.9. The van der Waals surface area contributed by atoms with Crippen molar-refractivity contribution in [1.82, 2.24) is 9.80 Å². The van der Waals surface area contributed by atoms with Crippen molar-refractivity contribution in [2.75, 3.05) is 34.3 Å². The molecule has 1 atom stereocenters. The van der Waals surface area contributed by atoms with Crippen LogP contribution in [0.2, 0.25) is 0 Å². The third-order valence-electron chi connectivity index (χ3n) is 3.61. The van der Waals surface area contributed by atoms with Gasteiger partial charge in [0.1, 0.15) is 5.75 Å². The van der Waals surface area contributed by atoms with E-state index in [1.807, 2.05) is 12.1 Å². The minimum absolute atomic E-state index is 0.683. The second-order valence-corrected chi connectivity index (χ2v) is 6.01. The summed E-state index contributed by atoms with van der Waals surface area (Å²) < 4.78 is 6.54. The lowest BCUT2D eigenvalue weighted by Gasteiger charge is -2.21. The maximum atomic E-state index is 5.43. The van der Waals surface area contributed by atoms with Gasteiger partial charge in [-0.2, -0.15) is 0 Å². The summed E-state index contributed by atoms with van der Waals surface area (Å²) in [5.41, 5.74) is 1.26. The highest BCUT2D eigenvalue weighted by molar-refractivity contribution is 9.10. The monoisotopic (exact) mass is 312 g/mol. The largest absolute Gasteiger partial charge is 0.496 e. The standard InChI is InChI=1S/C14H21BrN2O/c1-16(2)13-6-7-17(10-13)9-11-8-12(15)4-5-14(11)18-3/h4-5,8,13H,6-7,9-10H2,1-3H3. The van der Waals surface area contributed by atoms with Crippen molar-refractivity contribution in [2.24, 2.45) is 0 Å². The molecule has 3 nitrogen and oxygen atoms in total. The Balaban J connectivity index is 2.04. The average Bonchev–Trinajstić information content (AvgIpc) is 2.78. The molecule has 0 aromatic heterocycles. The summed E-state index contributed by atoms with van der Waals surface area (Å²) in [6.07, 6.45) is 1.25. The molecule has 1 fully saturated rings. The molecule has 1 aliphatic rings. The molecule has 0 saturated carbocycles. The van der Waals surface area contributed by atoms with E-state index < -0.39 is 0 Å². The molecule has 0 bridgehead atoms. The lowest BCUT2D eigenvalue weighted by molar-refractivity contribution is 0.262. The van der Waals surface area contributed by atoms with Crippen LogP contribution in [0.15, 0.2) is 22.7 Å². The molecule has 1 saturated heterocycles. The first-order valence-electron chi connectivity index (χ1n) is 6.31. The van der Waals surface area contributed by atoms with Gasteiger partial charge in [-0.1, -0.05) is 15.9 Å². The van der Waals surface area contributed by atoms with Crippen LogP contribution < -0.4 is 4.74 Å². The first-order chi connectivity index (χ1) is 8.60. The van der Waals surface area contributed by atoms with Gasteiger partial charge in [-0.25, -0.2) is 0 Å². The number of methoxy groups -OCH3 is 1. The fraction of sp³-hybridized carbons (Fsp3) is 0.571. The smallest absolute Gasteiger partial charge is 0.123 e. The Hall–Kier alpha value is -0.580. The normalized spacial score (nSPS) is 20.6. The van der Waals surface area contributed by atoms with E-state index in [9.17, 15) is 0 Å². The molecule has 1 unspecified atom stereocenters. The number of hydrogen-bond donors (Lipinski definition) is 0. The van der Waals surface area contributed by atoms with Crippen molar-refractivity contribution < 1.29 is 4.74 Å². The lowest BCUT2D eigenvalue weighted by Crippen LogP contribution is -2.31. The zero-order valence-electron chi connectivity index (χ0n) is 11.3. The van der Waals surface area contributed by atoms with Gasteiger partial charge in [-0.15, -0.1) is 0 Å². The van der Waals surface area contributed by atoms with Crippen LogP contribution >= 0.6 is 15.9 Å². The van der Waals surface area contributed by atoms with Gasteiger partial charge in [0.15, 0.2) is 0 Å². The summed E-state index contributed by atoms with van der Waals surface area (Å²) in [6.45, 7) is 3.27. The number of hydrogen-bond acceptors (Lipinski definition) is 3. The van der Waals surface area contributed by atoms with Gasteiger partial charge < -0.3 is 9.64 Å². The van der Waals surface area contributed by atoms with E-state index in [2.05, 4.69) is 45.9 Å². The molecular weight excluding hydrogens is 292 g/mol. The summed E-state index contributed by atoms with van der Waals surface area (Å²) in [4.78, 5) is 4.81. The summed E-state index contributed by atoms with van der Waals surface area (Å²) in [5.74, 6) is 0.978. The molecule has 0 amide bonds. The summed E-state index contributed by atoms with van der Waals surface area (Å²) in [6, 6.07) is 6.89. The van der Waals surface area contributed by atoms with Crippen molar-refractivity contribution in [1.29, 1.82) is 0 Å². The topological polar surface area (TPSA) is 15.7 Å². The Labute approximate surface area is 118 Å². The average molecular weight is 313 g/mol. The van der Waals surface area contributed by atoms with E-state index in [4.69, 9.17) is 4.74 Å². The minimum Gasteiger partial charge on any atom is -0.496 e. The molecule has 0 spiro atoms. The Bertz CT molecular complexity index is 409. The molecule has 1 heterocycles. The third-order valence-corrected chi connectivity index (χ3v) is 4.11. The second-order valence-electron chi connectivity index (χ2n) is 5.10. The Morgan fingerprint density at radius 3 is 2.83 bits per heavy atom. The van der Waals surface area contributed by atoms with Crippen LogP contribution in [-0.2, 0) is 6.54 Å². The summed E-state index contributed by atoms with van der Waals surface area (Å²) in [7, 11) is 6.06. The van der Waals surface area contributed by atoms with Gasteiger partial charge in [0, 0.05) is 35.7 Å². The van der Waals surface area contributed by atoms with Gasteiger partial charge >= 0.3 is 0 Å². The predicted molar refractivity (Wildman–Crippen MR) is 78.1 cm³/mol. The molecule has 1 aliphatic heterocycles. The van der Waals surface area contributed by atoms with Gasteiger partial charge in [-0.3, -0.25) is 4.90 Å². The Morgan fingerprint density at radius 2 is 2.22 bits per heavy atom. The maximum Gasteiger partial charge on any atom is 0.123 e. The number of nitrogens with zero attached hydrogens (tertiary/aromatic N) is 2. The Morgan fingerprint density at radius 1 is 1.44 bits per heavy atom. The third kappa shape index (κ3) is 3.25. The fourth-order valence-corrected chi connectivity index (χ4v) is 2.90. The van der Waals surface area contributed by atoms with Crippen LogP contribution in [0.1, 0.15) is 12.0 Å². The molecule has 4 heteroatoms. The van der Waals surface area contributed by atoms with Crippen molar-refractivity contribution in [3.05, 3.63) is 28.2 Å². The van der Waals surface area contributed by atoms with Crippen LogP contribution in [0.4, 0.5) is 0 Å².